The van der Waals surface area contributed by atoms with Crippen LogP contribution in [0.3, 0.4) is 0 Å². The molecule has 33 heavy (non-hydrogen) atoms. The lowest BCUT2D eigenvalue weighted by molar-refractivity contribution is 0.0996. The number of fused-ring (bicyclic) bond motifs is 1. The van der Waals surface area contributed by atoms with Gasteiger partial charge in [0.1, 0.15) is 11.6 Å². The molecule has 0 spiro atoms. The van der Waals surface area contributed by atoms with Crippen LogP contribution in [0.2, 0.25) is 0 Å². The molecule has 0 bridgehead atoms. The third-order valence-electron chi connectivity index (χ3n) is 5.46. The van der Waals surface area contributed by atoms with Gasteiger partial charge in [0.05, 0.1) is 12.2 Å². The average molecular weight is 442 g/mol. The molecule has 1 aliphatic rings. The number of carbonyl (C=O) groups is 1. The first-order chi connectivity index (χ1) is 16.0. The Labute approximate surface area is 189 Å². The fourth-order valence-electron chi connectivity index (χ4n) is 3.89. The highest BCUT2D eigenvalue weighted by atomic mass is 19.1. The molecule has 2 heterocycles. The molecular formula is C26H20F2N4O. The third-order valence-corrected chi connectivity index (χ3v) is 5.46. The highest BCUT2D eigenvalue weighted by Crippen LogP contribution is 2.33. The average Bonchev–Trinajstić information content (AvgIpc) is 3.12. The van der Waals surface area contributed by atoms with Crippen LogP contribution in [0.4, 0.5) is 37.2 Å². The van der Waals surface area contributed by atoms with Crippen molar-refractivity contribution in [1.82, 2.24) is 4.98 Å². The van der Waals surface area contributed by atoms with E-state index in [1.165, 1.54) is 12.1 Å². The van der Waals surface area contributed by atoms with Crippen molar-refractivity contribution in [1.29, 1.82) is 0 Å². The van der Waals surface area contributed by atoms with Crippen LogP contribution < -0.4 is 15.5 Å². The number of rotatable bonds is 5. The van der Waals surface area contributed by atoms with E-state index >= 15 is 0 Å². The van der Waals surface area contributed by atoms with Crippen LogP contribution in [0, 0.1) is 18.6 Å². The summed E-state index contributed by atoms with van der Waals surface area (Å²) in [6, 6.07) is 20.0. The number of halogens is 2. The van der Waals surface area contributed by atoms with Gasteiger partial charge in [0.15, 0.2) is 0 Å². The van der Waals surface area contributed by atoms with Crippen molar-refractivity contribution in [3.63, 3.8) is 0 Å². The molecule has 7 heteroatoms. The lowest BCUT2D eigenvalue weighted by Gasteiger charge is -2.17. The van der Waals surface area contributed by atoms with E-state index in [4.69, 9.17) is 0 Å². The maximum Gasteiger partial charge on any atom is 0.258 e. The van der Waals surface area contributed by atoms with E-state index in [0.717, 1.165) is 28.7 Å². The van der Waals surface area contributed by atoms with Crippen molar-refractivity contribution >= 4 is 34.3 Å². The van der Waals surface area contributed by atoms with Crippen molar-refractivity contribution in [2.75, 3.05) is 15.5 Å². The Morgan fingerprint density at radius 1 is 0.879 bits per heavy atom. The molecule has 0 atom stereocenters. The predicted molar refractivity (Wildman–Crippen MR) is 125 cm³/mol. The largest absolute Gasteiger partial charge is 0.355 e. The van der Waals surface area contributed by atoms with Crippen molar-refractivity contribution in [3.8, 4) is 0 Å². The topological polar surface area (TPSA) is 57.3 Å². The number of pyridine rings is 1. The van der Waals surface area contributed by atoms with E-state index in [0.29, 0.717) is 23.5 Å². The van der Waals surface area contributed by atoms with E-state index in [1.54, 1.807) is 29.3 Å². The van der Waals surface area contributed by atoms with Crippen LogP contribution in [-0.4, -0.2) is 10.9 Å². The summed E-state index contributed by atoms with van der Waals surface area (Å²) in [6.45, 7) is 2.35. The van der Waals surface area contributed by atoms with Crippen LogP contribution in [0.15, 0.2) is 79.0 Å². The summed E-state index contributed by atoms with van der Waals surface area (Å²) in [4.78, 5) is 18.9. The lowest BCUT2D eigenvalue weighted by atomic mass is 10.1. The molecule has 5 rings (SSSR count). The number of aryl methyl sites for hydroxylation is 1. The molecule has 1 aromatic heterocycles. The van der Waals surface area contributed by atoms with Gasteiger partial charge >= 0.3 is 0 Å². The minimum absolute atomic E-state index is 0.0959. The van der Waals surface area contributed by atoms with Crippen LogP contribution in [0.25, 0.3) is 0 Å². The first kappa shape index (κ1) is 20.6. The van der Waals surface area contributed by atoms with E-state index in [-0.39, 0.29) is 11.6 Å². The third kappa shape index (κ3) is 4.25. The summed E-state index contributed by atoms with van der Waals surface area (Å²) in [5, 5.41) is 6.29. The fraction of sp³-hybridized carbons (Fsp3) is 0.0769. The minimum Gasteiger partial charge on any atom is -0.355 e. The number of aromatic nitrogens is 1. The van der Waals surface area contributed by atoms with Crippen LogP contribution in [0.1, 0.15) is 21.6 Å². The van der Waals surface area contributed by atoms with Crippen LogP contribution >= 0.6 is 0 Å². The summed E-state index contributed by atoms with van der Waals surface area (Å²) in [6.07, 6.45) is 1.75. The maximum atomic E-state index is 14.0. The van der Waals surface area contributed by atoms with E-state index in [9.17, 15) is 13.6 Å². The van der Waals surface area contributed by atoms with Crippen molar-refractivity contribution < 1.29 is 13.6 Å². The Kier molecular flexibility index (Phi) is 5.22. The Hall–Kier alpha value is -4.26. The second-order valence-electron chi connectivity index (χ2n) is 7.87. The Morgan fingerprint density at radius 2 is 1.70 bits per heavy atom. The SMILES string of the molecule is Cc1cc(Nc2ccc3c(c2)CN(c2cccc(Nc4ccc(F)cc4F)c2)C3=O)ccn1. The Balaban J connectivity index is 1.36. The zero-order chi connectivity index (χ0) is 22.9. The molecule has 3 aromatic carbocycles. The first-order valence-electron chi connectivity index (χ1n) is 10.4. The van der Waals surface area contributed by atoms with E-state index < -0.39 is 11.6 Å². The molecule has 2 N–H and O–H groups in total. The number of nitrogens with one attached hydrogen (secondary N) is 2. The summed E-state index contributed by atoms with van der Waals surface area (Å²) < 4.78 is 27.2. The van der Waals surface area contributed by atoms with Gasteiger partial charge in [0, 0.05) is 46.3 Å². The molecule has 164 valence electrons. The fourth-order valence-corrected chi connectivity index (χ4v) is 3.89. The molecule has 1 aliphatic heterocycles. The lowest BCUT2D eigenvalue weighted by Crippen LogP contribution is -2.22. The zero-order valence-corrected chi connectivity index (χ0v) is 17.8. The number of hydrogen-bond donors (Lipinski definition) is 2. The quantitative estimate of drug-likeness (QED) is 0.380. The Bertz CT molecular complexity index is 1370. The summed E-state index contributed by atoms with van der Waals surface area (Å²) in [5.74, 6) is -1.42. The molecule has 0 unspecified atom stereocenters. The summed E-state index contributed by atoms with van der Waals surface area (Å²) in [5.41, 5.74) is 5.73. The molecule has 4 aromatic rings. The number of carbonyl (C=O) groups excluding carboxylic acids is 1. The number of amides is 1. The van der Waals surface area contributed by atoms with Gasteiger partial charge in [-0.1, -0.05) is 6.07 Å². The monoisotopic (exact) mass is 442 g/mol. The highest BCUT2D eigenvalue weighted by molar-refractivity contribution is 6.10. The van der Waals surface area contributed by atoms with Gasteiger partial charge in [-0.05, 0) is 73.2 Å². The zero-order valence-electron chi connectivity index (χ0n) is 17.8. The van der Waals surface area contributed by atoms with Gasteiger partial charge in [-0.25, -0.2) is 8.78 Å². The van der Waals surface area contributed by atoms with E-state index in [1.807, 2.05) is 43.3 Å². The van der Waals surface area contributed by atoms with Gasteiger partial charge in [0.25, 0.3) is 5.91 Å². The van der Waals surface area contributed by atoms with Gasteiger partial charge < -0.3 is 15.5 Å². The van der Waals surface area contributed by atoms with Gasteiger partial charge in [-0.15, -0.1) is 0 Å². The summed E-state index contributed by atoms with van der Waals surface area (Å²) >= 11 is 0. The second kappa shape index (κ2) is 8.35. The number of benzene rings is 3. The molecule has 0 fully saturated rings. The number of hydrogen-bond acceptors (Lipinski definition) is 4. The van der Waals surface area contributed by atoms with E-state index in [2.05, 4.69) is 15.6 Å². The minimum atomic E-state index is -0.686. The molecule has 5 nitrogen and oxygen atoms in total. The molecule has 1 amide bonds. The predicted octanol–water partition coefficient (Wildman–Crippen LogP) is 6.32. The molecular weight excluding hydrogens is 422 g/mol. The van der Waals surface area contributed by atoms with Crippen LogP contribution in [0.5, 0.6) is 0 Å². The highest BCUT2D eigenvalue weighted by Gasteiger charge is 2.28. The van der Waals surface area contributed by atoms with Crippen molar-refractivity contribution in [3.05, 3.63) is 107 Å². The summed E-state index contributed by atoms with van der Waals surface area (Å²) in [7, 11) is 0. The van der Waals surface area contributed by atoms with Gasteiger partial charge in [-0.2, -0.15) is 0 Å². The smallest absolute Gasteiger partial charge is 0.258 e. The number of nitrogens with zero attached hydrogens (tertiary/aromatic N) is 2. The van der Waals surface area contributed by atoms with Gasteiger partial charge in [-0.3, -0.25) is 9.78 Å². The Morgan fingerprint density at radius 3 is 2.52 bits per heavy atom. The molecule has 0 aliphatic carbocycles. The standard InChI is InChI=1S/C26H20F2N4O/c1-16-11-21(9-10-29-16)30-20-6-7-23-17(12-20)15-32(26(23)33)22-4-2-3-19(14-22)31-25-8-5-18(27)13-24(25)28/h2-14,31H,15H2,1H3,(H,29,30). The number of anilines is 5. The molecule has 0 radical (unpaired) electrons. The second-order valence-corrected chi connectivity index (χ2v) is 7.87. The van der Waals surface area contributed by atoms with Crippen molar-refractivity contribution in [2.45, 2.75) is 13.5 Å². The van der Waals surface area contributed by atoms with Crippen molar-refractivity contribution in [2.24, 2.45) is 0 Å². The molecule has 0 saturated carbocycles. The molecule has 0 saturated heterocycles. The first-order valence-corrected chi connectivity index (χ1v) is 10.4. The maximum absolute atomic E-state index is 14.0. The van der Waals surface area contributed by atoms with Crippen LogP contribution in [-0.2, 0) is 6.54 Å². The normalized spacial score (nSPS) is 12.6. The van der Waals surface area contributed by atoms with Gasteiger partial charge in [0.2, 0.25) is 0 Å².